The summed E-state index contributed by atoms with van der Waals surface area (Å²) < 4.78 is 0. The third-order valence-corrected chi connectivity index (χ3v) is 10.3. The van der Waals surface area contributed by atoms with Crippen LogP contribution in [0.15, 0.2) is 59.8 Å². The van der Waals surface area contributed by atoms with Crippen LogP contribution in [-0.2, 0) is 41.6 Å². The highest BCUT2D eigenvalue weighted by atomic mass is 16.3. The molecule has 16 N–H and O–H groups in total. The summed E-state index contributed by atoms with van der Waals surface area (Å²) in [6.45, 7) is 5.62. The number of aromatic nitrogens is 4. The van der Waals surface area contributed by atoms with E-state index in [4.69, 9.17) is 28.2 Å². The van der Waals surface area contributed by atoms with Crippen LogP contribution in [0.25, 0.3) is 11.2 Å². The maximum atomic E-state index is 13.3. The van der Waals surface area contributed by atoms with Gasteiger partial charge >= 0.3 is 0 Å². The van der Waals surface area contributed by atoms with Crippen LogP contribution in [0.3, 0.4) is 0 Å². The number of carbonyl (C=O) groups is 8. The molecule has 73 heavy (non-hydrogen) atoms. The number of rotatable bonds is 24. The molecule has 1 aliphatic heterocycles. The molecule has 3 heterocycles. The molecule has 26 heteroatoms. The highest BCUT2D eigenvalue weighted by Gasteiger charge is 2.23. The van der Waals surface area contributed by atoms with Crippen molar-refractivity contribution >= 4 is 82.1 Å². The fourth-order valence-electron chi connectivity index (χ4n) is 6.76. The number of amides is 7. The number of hydrazone groups is 1. The smallest absolute Gasteiger partial charge is 0.255 e. The van der Waals surface area contributed by atoms with Gasteiger partial charge in [-0.1, -0.05) is 32.8 Å². The van der Waals surface area contributed by atoms with Gasteiger partial charge in [0, 0.05) is 50.0 Å². The molecule has 7 amide bonds. The van der Waals surface area contributed by atoms with Crippen LogP contribution in [-0.4, -0.2) is 127 Å². The first-order valence-corrected chi connectivity index (χ1v) is 23.2. The maximum Gasteiger partial charge on any atom is 0.255 e. The number of hydrazine groups is 1. The van der Waals surface area contributed by atoms with Crippen LogP contribution in [0.1, 0.15) is 103 Å². The van der Waals surface area contributed by atoms with Gasteiger partial charge in [0.2, 0.25) is 23.7 Å². The average molecular weight is 1010 g/mol. The molecule has 0 saturated heterocycles. The largest absolute Gasteiger partial charge is 0.507 e. The molecule has 392 valence electrons. The minimum Gasteiger partial charge on any atom is -0.507 e. The lowest BCUT2D eigenvalue weighted by molar-refractivity contribution is -0.137. The number of aldehydes is 1. The number of anilines is 3. The SMILES string of the molecule is CC(NC(=O)CNC(=O)CCCCCN1C(=O)C=CC1=O)C(=O)Nc1ccc(C(=O)NCCCC(C=O)NC(=O)c2ccc(CCc3cnc4nc(N)nc(N)c4n3)cc2O)c(/C(N)=N/NN)c1.CCC.CO. The number of aryl methyl sites for hydroxylation is 2. The van der Waals surface area contributed by atoms with Gasteiger partial charge in [0.1, 0.15) is 18.1 Å². The lowest BCUT2D eigenvalue weighted by atomic mass is 10.0. The first-order valence-electron chi connectivity index (χ1n) is 23.2. The Kier molecular flexibility index (Phi) is 24.2. The molecule has 2 aromatic heterocycles. The summed E-state index contributed by atoms with van der Waals surface area (Å²) in [6.07, 6.45) is 8.70. The summed E-state index contributed by atoms with van der Waals surface area (Å²) in [6, 6.07) is 6.72. The Balaban J connectivity index is 0.00000271. The van der Waals surface area contributed by atoms with Crippen LogP contribution < -0.4 is 55.2 Å². The molecule has 0 radical (unpaired) electrons. The lowest BCUT2D eigenvalue weighted by Crippen LogP contribution is -2.45. The first-order chi connectivity index (χ1) is 35.0. The number of aromatic hydroxyl groups is 1. The van der Waals surface area contributed by atoms with Crippen LogP contribution in [0, 0.1) is 0 Å². The van der Waals surface area contributed by atoms with Gasteiger partial charge in [0.25, 0.3) is 23.6 Å². The zero-order chi connectivity index (χ0) is 54.0. The van der Waals surface area contributed by atoms with Gasteiger partial charge in [-0.25, -0.2) is 21.3 Å². The molecule has 5 rings (SSSR count). The van der Waals surface area contributed by atoms with Gasteiger partial charge in [-0.2, -0.15) is 9.97 Å². The first kappa shape index (κ1) is 58.7. The summed E-state index contributed by atoms with van der Waals surface area (Å²) in [4.78, 5) is 117. The number of phenols is 1. The van der Waals surface area contributed by atoms with Crippen LogP contribution in [0.5, 0.6) is 5.75 Å². The fourth-order valence-corrected chi connectivity index (χ4v) is 6.76. The van der Waals surface area contributed by atoms with Gasteiger partial charge in [0.05, 0.1) is 35.6 Å². The second kappa shape index (κ2) is 30.2. The summed E-state index contributed by atoms with van der Waals surface area (Å²) in [5.41, 5.74) is 21.8. The van der Waals surface area contributed by atoms with Gasteiger partial charge < -0.3 is 58.8 Å². The predicted molar refractivity (Wildman–Crippen MR) is 271 cm³/mol. The number of unbranched alkanes of at least 4 members (excludes halogenated alkanes) is 2. The molecule has 26 nitrogen and oxygen atoms in total. The standard InChI is InChI=1S/C43H52N16O9.C3H8.CH4O/c1-23(51-33(63)21-49-32(62)7-3-2-4-17-59-34(64)14-15-35(59)65)40(66)53-25-11-13-28(30(19-25)37(44)57-58-47)41(67)48-16-5-6-27(22-60)54-42(68)29-12-9-24(18-31(29)61)8-10-26-20-50-39-36(52-26)38(45)55-43(46)56-39;1-3-2;1-2/h9,11-15,18-20,22-23,27,58,61H,2-8,10,16-17,21,47H2,1H3,(H2,44,57)(H,48,67)(H,49,62)(H,51,63)(H,53,66)(H,54,68)(H4,45,46,50,55,56);3H2,1-2H3;2H,1H3. The van der Waals surface area contributed by atoms with Crippen molar-refractivity contribution in [3.05, 3.63) is 82.7 Å². The Hall–Kier alpha value is -8.65. The van der Waals surface area contributed by atoms with E-state index in [1.807, 2.05) is 5.53 Å². The van der Waals surface area contributed by atoms with Gasteiger partial charge in [0.15, 0.2) is 22.8 Å². The number of nitrogens with zero attached hydrogens (tertiary/aromatic N) is 6. The van der Waals surface area contributed by atoms with E-state index in [0.29, 0.717) is 55.2 Å². The highest BCUT2D eigenvalue weighted by Crippen LogP contribution is 2.22. The Bertz CT molecular complexity index is 2640. The number of aliphatic hydroxyl groups is 1. The molecule has 2 aromatic carbocycles. The van der Waals surface area contributed by atoms with E-state index in [0.717, 1.165) is 12.0 Å². The van der Waals surface area contributed by atoms with Crippen LogP contribution in [0.2, 0.25) is 0 Å². The van der Waals surface area contributed by atoms with Crippen molar-refractivity contribution in [3.63, 3.8) is 0 Å². The number of nitrogens with one attached hydrogen (secondary N) is 6. The number of carbonyl (C=O) groups excluding carboxylic acids is 8. The van der Waals surface area contributed by atoms with E-state index in [2.05, 4.69) is 65.5 Å². The average Bonchev–Trinajstić information content (AvgIpc) is 3.69. The van der Waals surface area contributed by atoms with Crippen molar-refractivity contribution in [2.75, 3.05) is 43.5 Å². The molecular weight excluding hydrogens is 949 g/mol. The zero-order valence-corrected chi connectivity index (χ0v) is 41.1. The molecular formula is C47H64N16O10. The molecule has 0 fully saturated rings. The number of phenolic OH excluding ortho intramolecular Hbond substituents is 1. The Labute approximate surface area is 420 Å². The molecule has 4 aromatic rings. The Morgan fingerprint density at radius 1 is 0.836 bits per heavy atom. The van der Waals surface area contributed by atoms with E-state index in [1.165, 1.54) is 62.0 Å². The molecule has 2 atom stereocenters. The van der Waals surface area contributed by atoms with E-state index < -0.39 is 35.7 Å². The number of hydrogen-bond donors (Lipinski definition) is 12. The number of fused-ring (bicyclic) bond motifs is 1. The number of amidine groups is 1. The van der Waals surface area contributed by atoms with E-state index in [9.17, 15) is 43.5 Å². The summed E-state index contributed by atoms with van der Waals surface area (Å²) in [5.74, 6) is 1.27. The summed E-state index contributed by atoms with van der Waals surface area (Å²) >= 11 is 0. The van der Waals surface area contributed by atoms with Gasteiger partial charge in [-0.05, 0) is 81.3 Å². The number of benzene rings is 2. The molecule has 1 aliphatic rings. The second-order valence-electron chi connectivity index (χ2n) is 16.1. The van der Waals surface area contributed by atoms with Crippen LogP contribution >= 0.6 is 0 Å². The maximum absolute atomic E-state index is 13.3. The number of imide groups is 1. The third-order valence-electron chi connectivity index (χ3n) is 10.3. The molecule has 0 bridgehead atoms. The fraction of sp³-hybridized carbons (Fsp3) is 0.383. The van der Waals surface area contributed by atoms with Crippen LogP contribution in [0.4, 0.5) is 17.5 Å². The van der Waals surface area contributed by atoms with Crippen molar-refractivity contribution in [1.82, 2.24) is 51.6 Å². The lowest BCUT2D eigenvalue weighted by Gasteiger charge is -2.16. The van der Waals surface area contributed by atoms with E-state index in [-0.39, 0.29) is 108 Å². The molecule has 0 saturated carbocycles. The molecule has 2 unspecified atom stereocenters. The normalized spacial score (nSPS) is 12.6. The second-order valence-corrected chi connectivity index (χ2v) is 16.1. The minimum absolute atomic E-state index is 0.0160. The number of nitrogen functional groups attached to an aromatic ring is 2. The number of hydrogen-bond acceptors (Lipinski definition) is 19. The van der Waals surface area contributed by atoms with Crippen molar-refractivity contribution < 1.29 is 48.6 Å². The number of nitrogens with two attached hydrogens (primary N) is 4. The topological polar surface area (TPSA) is 420 Å². The van der Waals surface area contributed by atoms with Crippen molar-refractivity contribution in [3.8, 4) is 5.75 Å². The van der Waals surface area contributed by atoms with Crippen molar-refractivity contribution in [2.45, 2.75) is 90.6 Å². The molecule has 0 aliphatic carbocycles. The van der Waals surface area contributed by atoms with E-state index >= 15 is 0 Å². The van der Waals surface area contributed by atoms with Gasteiger partial charge in [-0.15, -0.1) is 5.10 Å². The monoisotopic (exact) mass is 1010 g/mol. The summed E-state index contributed by atoms with van der Waals surface area (Å²) in [5, 5.41) is 34.3. The molecule has 0 spiro atoms. The summed E-state index contributed by atoms with van der Waals surface area (Å²) in [7, 11) is 1.00. The highest BCUT2D eigenvalue weighted by molar-refractivity contribution is 6.13. The number of aliphatic hydroxyl groups excluding tert-OH is 1. The predicted octanol–water partition coefficient (Wildman–Crippen LogP) is -0.264. The van der Waals surface area contributed by atoms with E-state index in [1.54, 1.807) is 6.07 Å². The Morgan fingerprint density at radius 2 is 1.53 bits per heavy atom. The third kappa shape index (κ3) is 18.6. The quantitative estimate of drug-likeness (QED) is 0.00818. The van der Waals surface area contributed by atoms with Gasteiger partial charge in [-0.3, -0.25) is 38.5 Å². The Morgan fingerprint density at radius 3 is 2.21 bits per heavy atom. The zero-order valence-electron chi connectivity index (χ0n) is 41.1. The minimum atomic E-state index is -1.05. The van der Waals surface area contributed by atoms with Crippen molar-refractivity contribution in [1.29, 1.82) is 0 Å². The van der Waals surface area contributed by atoms with Crippen molar-refractivity contribution in [2.24, 2.45) is 16.7 Å².